The van der Waals surface area contributed by atoms with Crippen LogP contribution >= 0.6 is 11.3 Å². The molecule has 0 atom stereocenters. The molecule has 1 heterocycles. The number of carbonyl (C=O) groups excluding carboxylic acids is 1. The van der Waals surface area contributed by atoms with E-state index in [1.54, 1.807) is 17.5 Å². The van der Waals surface area contributed by atoms with E-state index in [4.69, 9.17) is 9.47 Å². The summed E-state index contributed by atoms with van der Waals surface area (Å²) in [6, 6.07) is 7.80. The van der Waals surface area contributed by atoms with Crippen LogP contribution in [-0.4, -0.2) is 29.1 Å². The lowest BCUT2D eigenvalue weighted by molar-refractivity contribution is -0.392. The van der Waals surface area contributed by atoms with E-state index in [-0.39, 0.29) is 23.6 Å². The topological polar surface area (TPSA) is 146 Å². The predicted octanol–water partition coefficient (Wildman–Crippen LogP) is 5.26. The van der Waals surface area contributed by atoms with Crippen molar-refractivity contribution < 1.29 is 37.3 Å². The number of rotatable bonds is 8. The van der Waals surface area contributed by atoms with Gasteiger partial charge in [-0.2, -0.15) is 18.3 Å². The Kier molecular flexibility index (Phi) is 7.29. The van der Waals surface area contributed by atoms with E-state index in [0.29, 0.717) is 10.4 Å². The van der Waals surface area contributed by atoms with Gasteiger partial charge in [0.15, 0.2) is 11.5 Å². The molecule has 0 amide bonds. The quantitative estimate of drug-likeness (QED) is 0.142. The van der Waals surface area contributed by atoms with Gasteiger partial charge in [-0.05, 0) is 35.2 Å². The van der Waals surface area contributed by atoms with Crippen LogP contribution in [0.2, 0.25) is 0 Å². The van der Waals surface area contributed by atoms with Gasteiger partial charge in [0.05, 0.1) is 28.7 Å². The molecule has 1 N–H and O–H groups in total. The van der Waals surface area contributed by atoms with Crippen LogP contribution in [0.15, 0.2) is 52.9 Å². The minimum absolute atomic E-state index is 0.0880. The van der Waals surface area contributed by atoms with Gasteiger partial charge in [-0.15, -0.1) is 11.3 Å². The Hall–Kier alpha value is -4.53. The van der Waals surface area contributed by atoms with Gasteiger partial charge in [-0.1, -0.05) is 6.07 Å². The van der Waals surface area contributed by atoms with Crippen LogP contribution in [0.3, 0.4) is 0 Å². The van der Waals surface area contributed by atoms with Crippen molar-refractivity contribution in [1.29, 1.82) is 0 Å². The zero-order valence-corrected chi connectivity index (χ0v) is 18.3. The third-order valence-electron chi connectivity index (χ3n) is 4.32. The summed E-state index contributed by atoms with van der Waals surface area (Å²) in [5.74, 6) is -0.390. The van der Waals surface area contributed by atoms with Crippen LogP contribution in [0.4, 0.5) is 30.2 Å². The number of halogens is 3. The molecule has 182 valence electrons. The largest absolute Gasteiger partial charge is 0.493 e. The summed E-state index contributed by atoms with van der Waals surface area (Å²) in [7, 11) is 1.31. The third-order valence-corrected chi connectivity index (χ3v) is 5.17. The maximum absolute atomic E-state index is 13.0. The molecule has 0 aliphatic rings. The predicted molar refractivity (Wildman–Crippen MR) is 118 cm³/mol. The van der Waals surface area contributed by atoms with Crippen LogP contribution < -0.4 is 14.9 Å². The number of ether oxygens (including phenoxy) is 2. The molecular weight excluding hydrogens is 497 g/mol. The number of hydrogen-bond donors (Lipinski definition) is 1. The summed E-state index contributed by atoms with van der Waals surface area (Å²) < 4.78 is 49.5. The van der Waals surface area contributed by atoms with E-state index in [1.807, 2.05) is 0 Å². The van der Waals surface area contributed by atoms with E-state index < -0.39 is 44.6 Å². The van der Waals surface area contributed by atoms with Crippen molar-refractivity contribution in [2.75, 3.05) is 12.5 Å². The number of methoxy groups -OCH3 is 1. The van der Waals surface area contributed by atoms with E-state index in [2.05, 4.69) is 10.5 Å². The fraction of sp³-hybridized carbons (Fsp3) is 0.100. The maximum atomic E-state index is 13.0. The molecule has 0 fully saturated rings. The molecule has 0 aliphatic carbocycles. The number of alkyl halides is 3. The smallest absolute Gasteiger partial charge is 0.416 e. The molecule has 3 aromatic rings. The Morgan fingerprint density at radius 1 is 1.09 bits per heavy atom. The number of nitrogens with zero attached hydrogens (tertiary/aromatic N) is 3. The molecule has 11 nitrogen and oxygen atoms in total. The van der Waals surface area contributed by atoms with E-state index in [9.17, 15) is 38.2 Å². The molecule has 0 radical (unpaired) electrons. The maximum Gasteiger partial charge on any atom is 0.416 e. The molecule has 1 aromatic heterocycles. The van der Waals surface area contributed by atoms with Gasteiger partial charge in [0.1, 0.15) is 4.88 Å². The van der Waals surface area contributed by atoms with Crippen LogP contribution in [0.5, 0.6) is 11.5 Å². The highest BCUT2D eigenvalue weighted by molar-refractivity contribution is 7.12. The van der Waals surface area contributed by atoms with Crippen molar-refractivity contribution in [2.45, 2.75) is 6.18 Å². The van der Waals surface area contributed by atoms with Gasteiger partial charge in [0, 0.05) is 12.1 Å². The first-order valence-electron chi connectivity index (χ1n) is 9.28. The van der Waals surface area contributed by atoms with E-state index in [1.165, 1.54) is 36.6 Å². The SMILES string of the molecule is COc1cc(/C=N\Nc2c([N+](=O)[O-])cc(C(F)(F)F)cc2[N+](=O)[O-])ccc1OC(=O)c1cccs1. The number of esters is 1. The van der Waals surface area contributed by atoms with Crippen molar-refractivity contribution in [3.05, 3.63) is 84.1 Å². The zero-order valence-electron chi connectivity index (χ0n) is 17.4. The van der Waals surface area contributed by atoms with Gasteiger partial charge >= 0.3 is 23.5 Å². The van der Waals surface area contributed by atoms with Crippen molar-refractivity contribution in [2.24, 2.45) is 5.10 Å². The van der Waals surface area contributed by atoms with Crippen LogP contribution in [0, 0.1) is 20.2 Å². The van der Waals surface area contributed by atoms with Crippen LogP contribution in [0.25, 0.3) is 0 Å². The molecule has 0 aliphatic heterocycles. The molecule has 15 heteroatoms. The Morgan fingerprint density at radius 2 is 1.74 bits per heavy atom. The number of hydrazone groups is 1. The molecule has 3 rings (SSSR count). The summed E-state index contributed by atoms with van der Waals surface area (Å²) in [6.45, 7) is 0. The molecule has 35 heavy (non-hydrogen) atoms. The lowest BCUT2D eigenvalue weighted by Gasteiger charge is -2.10. The number of anilines is 1. The lowest BCUT2D eigenvalue weighted by atomic mass is 10.1. The Labute approximate surface area is 197 Å². The van der Waals surface area contributed by atoms with Crippen molar-refractivity contribution in [3.8, 4) is 11.5 Å². The number of nitrogens with one attached hydrogen (secondary N) is 1. The standard InChI is InChI=1S/C20H13F3N4O7S/c1-33-16-7-11(4-5-15(16)34-19(28)17-3-2-6-35-17)10-24-25-18-13(26(29)30)8-12(20(21,22)23)9-14(18)27(31)32/h2-10,25H,1H3/b24-10-. The Balaban J connectivity index is 1.87. The summed E-state index contributed by atoms with van der Waals surface area (Å²) in [4.78, 5) is 32.6. The highest BCUT2D eigenvalue weighted by atomic mass is 32.1. The molecule has 0 spiro atoms. The second-order valence-electron chi connectivity index (χ2n) is 6.55. The van der Waals surface area contributed by atoms with Crippen LogP contribution in [-0.2, 0) is 6.18 Å². The van der Waals surface area contributed by atoms with E-state index >= 15 is 0 Å². The fourth-order valence-electron chi connectivity index (χ4n) is 2.74. The molecule has 0 saturated heterocycles. The van der Waals surface area contributed by atoms with Gasteiger partial charge in [-0.25, -0.2) is 4.79 Å². The number of nitro benzene ring substituents is 2. The first-order chi connectivity index (χ1) is 16.5. The molecular formula is C20H13F3N4O7S. The van der Waals surface area contributed by atoms with Crippen LogP contribution in [0.1, 0.15) is 20.8 Å². The first-order valence-corrected chi connectivity index (χ1v) is 10.2. The van der Waals surface area contributed by atoms with Crippen molar-refractivity contribution in [3.63, 3.8) is 0 Å². The fourth-order valence-corrected chi connectivity index (χ4v) is 3.34. The normalized spacial score (nSPS) is 11.3. The zero-order chi connectivity index (χ0) is 25.8. The minimum atomic E-state index is -5.04. The summed E-state index contributed by atoms with van der Waals surface area (Å²) in [6.07, 6.45) is -3.96. The first kappa shape index (κ1) is 25.1. The highest BCUT2D eigenvalue weighted by Crippen LogP contribution is 2.41. The number of benzene rings is 2. The number of thiophene rings is 1. The summed E-state index contributed by atoms with van der Waals surface area (Å²) in [5, 5.41) is 27.9. The van der Waals surface area contributed by atoms with Gasteiger partial charge in [-0.3, -0.25) is 25.7 Å². The molecule has 0 bridgehead atoms. The van der Waals surface area contributed by atoms with Gasteiger partial charge in [0.25, 0.3) is 0 Å². The minimum Gasteiger partial charge on any atom is -0.493 e. The van der Waals surface area contributed by atoms with Crippen molar-refractivity contribution >= 4 is 40.6 Å². The van der Waals surface area contributed by atoms with Gasteiger partial charge in [0.2, 0.25) is 5.69 Å². The lowest BCUT2D eigenvalue weighted by Crippen LogP contribution is -2.09. The second-order valence-corrected chi connectivity index (χ2v) is 7.50. The Morgan fingerprint density at radius 3 is 2.26 bits per heavy atom. The number of nitro groups is 2. The van der Waals surface area contributed by atoms with E-state index in [0.717, 1.165) is 6.21 Å². The molecule has 0 saturated carbocycles. The third kappa shape index (κ3) is 5.89. The monoisotopic (exact) mass is 510 g/mol. The number of hydrogen-bond acceptors (Lipinski definition) is 10. The van der Waals surface area contributed by atoms with Crippen molar-refractivity contribution in [1.82, 2.24) is 0 Å². The number of carbonyl (C=O) groups is 1. The molecule has 2 aromatic carbocycles. The second kappa shape index (κ2) is 10.2. The Bertz CT molecular complexity index is 1280. The average molecular weight is 510 g/mol. The van der Waals surface area contributed by atoms with Gasteiger partial charge < -0.3 is 9.47 Å². The average Bonchev–Trinajstić information content (AvgIpc) is 3.34. The highest BCUT2D eigenvalue weighted by Gasteiger charge is 2.37. The summed E-state index contributed by atoms with van der Waals surface area (Å²) >= 11 is 1.18. The summed E-state index contributed by atoms with van der Waals surface area (Å²) in [5.41, 5.74) is -2.38. The molecule has 0 unspecified atom stereocenters.